The Balaban J connectivity index is 1.84. The summed E-state index contributed by atoms with van der Waals surface area (Å²) >= 11 is 7.03. The number of ether oxygens (including phenoxy) is 1. The summed E-state index contributed by atoms with van der Waals surface area (Å²) in [7, 11) is 0. The van der Waals surface area contributed by atoms with Gasteiger partial charge in [0.1, 0.15) is 18.9 Å². The molecular formula is C12H11ClN4O2S. The highest BCUT2D eigenvalue weighted by atomic mass is 35.5. The van der Waals surface area contributed by atoms with Crippen molar-refractivity contribution in [3.8, 4) is 11.9 Å². The summed E-state index contributed by atoms with van der Waals surface area (Å²) in [6.45, 7) is 0.333. The highest BCUT2D eigenvalue weighted by Crippen LogP contribution is 2.22. The van der Waals surface area contributed by atoms with Crippen molar-refractivity contribution < 1.29 is 9.84 Å². The molecular weight excluding hydrogens is 300 g/mol. The first-order valence-corrected chi connectivity index (χ1v) is 6.82. The minimum atomic E-state index is -0.737. The number of nitrogens with zero attached hydrogens (tertiary/aromatic N) is 3. The molecule has 0 fully saturated rings. The van der Waals surface area contributed by atoms with Crippen molar-refractivity contribution in [3.05, 3.63) is 35.0 Å². The summed E-state index contributed by atoms with van der Waals surface area (Å²) in [5.41, 5.74) is 1.09. The first-order chi connectivity index (χ1) is 9.69. The maximum absolute atomic E-state index is 9.79. The number of nitrogens with one attached hydrogen (secondary N) is 1. The molecule has 0 aliphatic carbocycles. The third kappa shape index (κ3) is 4.06. The maximum atomic E-state index is 9.79. The van der Waals surface area contributed by atoms with Gasteiger partial charge in [0.2, 0.25) is 5.88 Å². The van der Waals surface area contributed by atoms with Crippen LogP contribution in [0.3, 0.4) is 0 Å². The van der Waals surface area contributed by atoms with E-state index in [1.807, 2.05) is 6.07 Å². The highest BCUT2D eigenvalue weighted by Gasteiger charge is 2.08. The molecule has 0 aliphatic heterocycles. The number of nitriles is 1. The minimum absolute atomic E-state index is 0.0912. The van der Waals surface area contributed by atoms with E-state index in [4.69, 9.17) is 21.6 Å². The molecule has 0 saturated heterocycles. The van der Waals surface area contributed by atoms with E-state index in [-0.39, 0.29) is 13.2 Å². The largest absolute Gasteiger partial charge is 0.473 e. The van der Waals surface area contributed by atoms with Gasteiger partial charge in [-0.2, -0.15) is 9.64 Å². The van der Waals surface area contributed by atoms with E-state index >= 15 is 0 Å². The van der Waals surface area contributed by atoms with Crippen LogP contribution < -0.4 is 10.1 Å². The van der Waals surface area contributed by atoms with Crippen LogP contribution in [0.15, 0.2) is 24.4 Å². The summed E-state index contributed by atoms with van der Waals surface area (Å²) < 4.78 is 12.9. The summed E-state index contributed by atoms with van der Waals surface area (Å²) in [5.74, 6) is 0.388. The number of rotatable bonds is 6. The predicted molar refractivity (Wildman–Crippen MR) is 76.1 cm³/mol. The Labute approximate surface area is 124 Å². The van der Waals surface area contributed by atoms with Crippen molar-refractivity contribution in [2.75, 3.05) is 18.5 Å². The summed E-state index contributed by atoms with van der Waals surface area (Å²) in [6, 6.07) is 6.91. The molecule has 0 saturated carbocycles. The molecule has 0 amide bonds. The molecule has 1 aromatic heterocycles. The van der Waals surface area contributed by atoms with Gasteiger partial charge in [-0.15, -0.1) is 4.37 Å². The molecule has 20 heavy (non-hydrogen) atoms. The van der Waals surface area contributed by atoms with E-state index in [9.17, 15) is 5.11 Å². The third-order valence-electron chi connectivity index (χ3n) is 2.39. The van der Waals surface area contributed by atoms with Crippen molar-refractivity contribution in [1.29, 1.82) is 5.26 Å². The number of hydrogen-bond donors (Lipinski definition) is 2. The first kappa shape index (κ1) is 14.5. The Hall–Kier alpha value is -1.88. The molecule has 8 heteroatoms. The van der Waals surface area contributed by atoms with E-state index in [0.29, 0.717) is 22.2 Å². The topological polar surface area (TPSA) is 91.1 Å². The molecule has 1 heterocycles. The highest BCUT2D eigenvalue weighted by molar-refractivity contribution is 6.99. The minimum Gasteiger partial charge on any atom is -0.473 e. The third-order valence-corrected chi connectivity index (χ3v) is 3.18. The van der Waals surface area contributed by atoms with Crippen LogP contribution in [0.1, 0.15) is 5.56 Å². The predicted octanol–water partition coefficient (Wildman–Crippen LogP) is 1.91. The molecule has 104 valence electrons. The van der Waals surface area contributed by atoms with Crippen molar-refractivity contribution in [3.63, 3.8) is 0 Å². The van der Waals surface area contributed by atoms with Crippen LogP contribution in [0.4, 0.5) is 5.69 Å². The van der Waals surface area contributed by atoms with Crippen molar-refractivity contribution >= 4 is 29.0 Å². The number of hydrogen-bond acceptors (Lipinski definition) is 7. The second-order valence-electron chi connectivity index (χ2n) is 3.90. The monoisotopic (exact) mass is 310 g/mol. The number of benzene rings is 1. The molecule has 0 bridgehead atoms. The summed E-state index contributed by atoms with van der Waals surface area (Å²) in [4.78, 5) is 0. The van der Waals surface area contributed by atoms with Gasteiger partial charge in [-0.3, -0.25) is 0 Å². The second-order valence-corrected chi connectivity index (χ2v) is 4.86. The van der Waals surface area contributed by atoms with Gasteiger partial charge in [-0.1, -0.05) is 11.6 Å². The summed E-state index contributed by atoms with van der Waals surface area (Å²) in [5, 5.41) is 22.1. The average molecular weight is 311 g/mol. The van der Waals surface area contributed by atoms with E-state index in [2.05, 4.69) is 14.1 Å². The van der Waals surface area contributed by atoms with Gasteiger partial charge < -0.3 is 15.2 Å². The Morgan fingerprint density at radius 2 is 2.40 bits per heavy atom. The molecule has 0 spiro atoms. The van der Waals surface area contributed by atoms with Gasteiger partial charge in [0.15, 0.2) is 0 Å². The van der Waals surface area contributed by atoms with E-state index in [0.717, 1.165) is 11.7 Å². The smallest absolute Gasteiger partial charge is 0.245 e. The fourth-order valence-electron chi connectivity index (χ4n) is 1.42. The zero-order valence-electron chi connectivity index (χ0n) is 10.3. The molecule has 2 N–H and O–H groups in total. The zero-order chi connectivity index (χ0) is 14.4. The van der Waals surface area contributed by atoms with Crippen LogP contribution in [0.2, 0.25) is 5.02 Å². The fraction of sp³-hybridized carbons (Fsp3) is 0.250. The number of halogens is 1. The van der Waals surface area contributed by atoms with Gasteiger partial charge in [-0.25, -0.2) is 0 Å². The van der Waals surface area contributed by atoms with Crippen LogP contribution in [-0.2, 0) is 0 Å². The zero-order valence-corrected chi connectivity index (χ0v) is 11.9. The lowest BCUT2D eigenvalue weighted by Gasteiger charge is -2.13. The maximum Gasteiger partial charge on any atom is 0.245 e. The van der Waals surface area contributed by atoms with Crippen molar-refractivity contribution in [2.24, 2.45) is 0 Å². The number of anilines is 1. The molecule has 0 radical (unpaired) electrons. The Morgan fingerprint density at radius 3 is 3.10 bits per heavy atom. The standard InChI is InChI=1S/C12H11ClN4O2S/c13-10-2-1-8(4-14)3-11(10)15-5-9(18)7-19-12-6-16-20-17-12/h1-3,6,9,15,18H,5,7H2. The quantitative estimate of drug-likeness (QED) is 0.847. The number of aromatic nitrogens is 2. The van der Waals surface area contributed by atoms with Crippen LogP contribution >= 0.6 is 23.3 Å². The van der Waals surface area contributed by atoms with E-state index in [1.165, 1.54) is 6.20 Å². The Bertz CT molecular complexity index is 600. The van der Waals surface area contributed by atoms with Gasteiger partial charge in [0.05, 0.1) is 34.1 Å². The van der Waals surface area contributed by atoms with Crippen LogP contribution in [0, 0.1) is 11.3 Å². The van der Waals surface area contributed by atoms with Gasteiger partial charge in [-0.05, 0) is 18.2 Å². The van der Waals surface area contributed by atoms with Crippen LogP contribution in [0.5, 0.6) is 5.88 Å². The van der Waals surface area contributed by atoms with Crippen LogP contribution in [0.25, 0.3) is 0 Å². The lowest BCUT2D eigenvalue weighted by atomic mass is 10.2. The lowest BCUT2D eigenvalue weighted by molar-refractivity contribution is 0.115. The van der Waals surface area contributed by atoms with E-state index in [1.54, 1.807) is 18.2 Å². The van der Waals surface area contributed by atoms with Gasteiger partial charge in [0, 0.05) is 6.54 Å². The molecule has 1 unspecified atom stereocenters. The normalized spacial score (nSPS) is 11.7. The second kappa shape index (κ2) is 7.05. The van der Waals surface area contributed by atoms with Crippen molar-refractivity contribution in [1.82, 2.24) is 8.75 Å². The molecule has 2 rings (SSSR count). The fourth-order valence-corrected chi connectivity index (χ4v) is 1.97. The molecule has 1 aromatic carbocycles. The molecule has 2 aromatic rings. The average Bonchev–Trinajstić information content (AvgIpc) is 2.97. The Kier molecular flexibility index (Phi) is 5.12. The van der Waals surface area contributed by atoms with Gasteiger partial charge in [0.25, 0.3) is 0 Å². The van der Waals surface area contributed by atoms with Crippen molar-refractivity contribution in [2.45, 2.75) is 6.10 Å². The molecule has 0 aliphatic rings. The SMILES string of the molecule is N#Cc1ccc(Cl)c(NCC(O)COc2cnsn2)c1. The van der Waals surface area contributed by atoms with Crippen LogP contribution in [-0.4, -0.2) is 33.1 Å². The van der Waals surface area contributed by atoms with Gasteiger partial charge >= 0.3 is 0 Å². The lowest BCUT2D eigenvalue weighted by Crippen LogP contribution is -2.26. The Morgan fingerprint density at radius 1 is 1.55 bits per heavy atom. The first-order valence-electron chi connectivity index (χ1n) is 5.71. The molecule has 1 atom stereocenters. The number of aliphatic hydroxyl groups excluding tert-OH is 1. The molecule has 6 nitrogen and oxygen atoms in total. The van der Waals surface area contributed by atoms with E-state index < -0.39 is 6.10 Å². The summed E-state index contributed by atoms with van der Waals surface area (Å²) in [6.07, 6.45) is 0.747. The number of aliphatic hydroxyl groups is 1.